The Morgan fingerprint density at radius 3 is 2.60 bits per heavy atom. The number of unbranched alkanes of at least 4 members (excludes halogenated alkanes) is 1. The molecule has 2 aromatic carbocycles. The molecule has 0 aliphatic carbocycles. The Hall–Kier alpha value is -2.57. The van der Waals surface area contributed by atoms with E-state index in [1.54, 1.807) is 28.9 Å². The van der Waals surface area contributed by atoms with Crippen LogP contribution >= 0.6 is 11.6 Å². The van der Waals surface area contributed by atoms with E-state index in [0.717, 1.165) is 47.3 Å². The summed E-state index contributed by atoms with van der Waals surface area (Å²) < 4.78 is 41.2. The summed E-state index contributed by atoms with van der Waals surface area (Å²) in [5.74, 6) is 0.802. The molecule has 0 amide bonds. The van der Waals surface area contributed by atoms with E-state index in [4.69, 9.17) is 16.6 Å². The number of rotatable bonds is 10. The Labute approximate surface area is 213 Å². The molecule has 0 saturated carbocycles. The van der Waals surface area contributed by atoms with Gasteiger partial charge in [-0.3, -0.25) is 0 Å². The molecular formula is C23H25BClN5O3S2. The van der Waals surface area contributed by atoms with E-state index in [1.165, 1.54) is 6.07 Å². The molecule has 182 valence electrons. The second-order valence-corrected chi connectivity index (χ2v) is 11.7. The number of anilines is 1. The van der Waals surface area contributed by atoms with Gasteiger partial charge in [-0.1, -0.05) is 41.9 Å². The maximum atomic E-state index is 12.6. The summed E-state index contributed by atoms with van der Waals surface area (Å²) in [5, 5.41) is 8.47. The van der Waals surface area contributed by atoms with Gasteiger partial charge in [0.15, 0.2) is 20.4 Å². The van der Waals surface area contributed by atoms with Gasteiger partial charge in [0.25, 0.3) is 0 Å². The molecule has 0 spiro atoms. The zero-order valence-electron chi connectivity index (χ0n) is 19.4. The smallest absolute Gasteiger partial charge is 0.192 e. The molecule has 0 aliphatic rings. The fraction of sp³-hybridized carbons (Fsp3) is 0.217. The van der Waals surface area contributed by atoms with Crippen LogP contribution in [0.3, 0.4) is 0 Å². The normalized spacial score (nSPS) is 12.7. The highest BCUT2D eigenvalue weighted by Gasteiger charge is 2.22. The number of sulfone groups is 1. The van der Waals surface area contributed by atoms with E-state index in [9.17, 15) is 13.0 Å². The lowest BCUT2D eigenvalue weighted by molar-refractivity contribution is 0.570. The predicted molar refractivity (Wildman–Crippen MR) is 143 cm³/mol. The maximum absolute atomic E-state index is 12.6. The highest BCUT2D eigenvalue weighted by molar-refractivity contribution is 7.93. The number of aromatic nitrogens is 3. The third-order valence-electron chi connectivity index (χ3n) is 5.39. The van der Waals surface area contributed by atoms with Crippen LogP contribution in [-0.4, -0.2) is 54.8 Å². The average molecular weight is 530 g/mol. The number of fused-ring (bicyclic) bond motifs is 1. The van der Waals surface area contributed by atoms with Crippen molar-refractivity contribution in [1.29, 1.82) is 0 Å². The molecule has 0 bridgehead atoms. The minimum atomic E-state index is -3.46. The number of benzene rings is 2. The van der Waals surface area contributed by atoms with Crippen LogP contribution in [0.5, 0.6) is 0 Å². The van der Waals surface area contributed by atoms with Crippen LogP contribution in [0.25, 0.3) is 16.9 Å². The maximum Gasteiger partial charge on any atom is 0.192 e. The van der Waals surface area contributed by atoms with Crippen molar-refractivity contribution in [2.45, 2.75) is 22.6 Å². The van der Waals surface area contributed by atoms with Gasteiger partial charge in [0.05, 0.1) is 17.1 Å². The summed E-state index contributed by atoms with van der Waals surface area (Å²) in [4.78, 5) is 5.10. The van der Waals surface area contributed by atoms with Crippen LogP contribution in [0.4, 0.5) is 5.82 Å². The lowest BCUT2D eigenvalue weighted by atomic mass is 10.0. The van der Waals surface area contributed by atoms with Crippen LogP contribution in [-0.2, 0) is 21.2 Å². The van der Waals surface area contributed by atoms with Gasteiger partial charge in [0, 0.05) is 42.2 Å². The van der Waals surface area contributed by atoms with E-state index in [0.29, 0.717) is 18.1 Å². The topological polar surface area (TPSA) is 111 Å². The number of nitrogens with one attached hydrogen (secondary N) is 2. The Balaban J connectivity index is 1.37. The average Bonchev–Trinajstić information content (AvgIpc) is 3.21. The number of hydrogen-bond donors (Lipinski definition) is 2. The van der Waals surface area contributed by atoms with Crippen LogP contribution in [0, 0.1) is 0 Å². The predicted octanol–water partition coefficient (Wildman–Crippen LogP) is 2.22. The third-order valence-corrected chi connectivity index (χ3v) is 8.22. The second kappa shape index (κ2) is 11.0. The summed E-state index contributed by atoms with van der Waals surface area (Å²) in [6.07, 6.45) is 4.42. The molecule has 4 aromatic rings. The van der Waals surface area contributed by atoms with Gasteiger partial charge in [-0.2, -0.15) is 9.61 Å². The van der Waals surface area contributed by atoms with Crippen molar-refractivity contribution in [2.75, 3.05) is 24.7 Å². The lowest BCUT2D eigenvalue weighted by Gasteiger charge is -2.14. The van der Waals surface area contributed by atoms with Crippen LogP contribution in [0.2, 0.25) is 5.02 Å². The minimum absolute atomic E-state index is 0.0815. The molecule has 0 aliphatic heterocycles. The van der Waals surface area contributed by atoms with Crippen molar-refractivity contribution in [3.05, 3.63) is 65.8 Å². The Morgan fingerprint density at radius 2 is 1.83 bits per heavy atom. The molecule has 4 rings (SSSR count). The molecule has 35 heavy (non-hydrogen) atoms. The summed E-state index contributed by atoms with van der Waals surface area (Å²) in [7, 11) is -1.49. The van der Waals surface area contributed by atoms with Crippen LogP contribution < -0.4 is 15.5 Å². The van der Waals surface area contributed by atoms with Gasteiger partial charge in [0.2, 0.25) is 0 Å². The van der Waals surface area contributed by atoms with Gasteiger partial charge in [-0.25, -0.2) is 13.4 Å². The zero-order valence-corrected chi connectivity index (χ0v) is 21.8. The van der Waals surface area contributed by atoms with Gasteiger partial charge in [0.1, 0.15) is 18.6 Å². The van der Waals surface area contributed by atoms with Gasteiger partial charge in [-0.15, -0.1) is 4.72 Å². The zero-order chi connectivity index (χ0) is 25.0. The molecule has 1 atom stereocenters. The SMILES string of the molecule is Bc1cnn2c(NCCCCN[S+]([O-])c3ccccc3S(C)(=O)=O)cc(-c3ccccc3Cl)nc12. The van der Waals surface area contributed by atoms with Crippen molar-refractivity contribution < 1.29 is 13.0 Å². The molecule has 0 saturated heterocycles. The standard InChI is InChI=1S/C23H25BClN5O3S2/c1-35(32,33)21-11-5-4-10-20(21)34(31)28-13-7-6-12-26-22-14-19(16-8-2-3-9-18(16)25)29-23-17(24)15-27-30(22)23/h2-5,8-11,14-15,26,28H,6-7,12-13,24H2,1H3. The van der Waals surface area contributed by atoms with E-state index >= 15 is 0 Å². The molecule has 2 N–H and O–H groups in total. The molecule has 2 aromatic heterocycles. The molecule has 12 heteroatoms. The summed E-state index contributed by atoms with van der Waals surface area (Å²) in [6, 6.07) is 15.8. The van der Waals surface area contributed by atoms with Crippen molar-refractivity contribution in [2.24, 2.45) is 0 Å². The molecule has 2 heterocycles. The number of halogens is 1. The van der Waals surface area contributed by atoms with Gasteiger partial charge >= 0.3 is 0 Å². The van der Waals surface area contributed by atoms with E-state index in [1.807, 2.05) is 38.2 Å². The van der Waals surface area contributed by atoms with E-state index in [2.05, 4.69) is 15.1 Å². The van der Waals surface area contributed by atoms with Crippen LogP contribution in [0.15, 0.2) is 70.6 Å². The monoisotopic (exact) mass is 529 g/mol. The quantitative estimate of drug-likeness (QED) is 0.184. The Kier molecular flexibility index (Phi) is 8.03. The minimum Gasteiger partial charge on any atom is -0.593 e. The third kappa shape index (κ3) is 5.99. The first-order valence-corrected chi connectivity index (χ1v) is 14.5. The van der Waals surface area contributed by atoms with Gasteiger partial charge in [-0.05, 0) is 36.5 Å². The highest BCUT2D eigenvalue weighted by Crippen LogP contribution is 2.28. The van der Waals surface area contributed by atoms with Crippen molar-refractivity contribution in [3.63, 3.8) is 0 Å². The van der Waals surface area contributed by atoms with Gasteiger partial charge < -0.3 is 9.87 Å². The van der Waals surface area contributed by atoms with Crippen molar-refractivity contribution in [1.82, 2.24) is 19.3 Å². The molecule has 8 nitrogen and oxygen atoms in total. The Morgan fingerprint density at radius 1 is 1.11 bits per heavy atom. The number of nitrogens with zero attached hydrogens (tertiary/aromatic N) is 3. The molecular weight excluding hydrogens is 505 g/mol. The summed E-state index contributed by atoms with van der Waals surface area (Å²) >= 11 is 4.78. The summed E-state index contributed by atoms with van der Waals surface area (Å²) in [6.45, 7) is 1.14. The Bertz CT molecular complexity index is 1450. The number of hydrogen-bond acceptors (Lipinski definition) is 7. The van der Waals surface area contributed by atoms with E-state index in [-0.39, 0.29) is 9.79 Å². The first-order chi connectivity index (χ1) is 16.8. The highest BCUT2D eigenvalue weighted by atomic mass is 35.5. The fourth-order valence-corrected chi connectivity index (χ4v) is 6.24. The first kappa shape index (κ1) is 25.5. The molecule has 0 fully saturated rings. The largest absolute Gasteiger partial charge is 0.593 e. The molecule has 0 radical (unpaired) electrons. The van der Waals surface area contributed by atoms with E-state index < -0.39 is 21.2 Å². The van der Waals surface area contributed by atoms with Crippen molar-refractivity contribution >= 4 is 57.6 Å². The fourth-order valence-electron chi connectivity index (χ4n) is 3.62. The first-order valence-electron chi connectivity index (χ1n) is 11.0. The second-order valence-electron chi connectivity index (χ2n) is 8.09. The lowest BCUT2D eigenvalue weighted by Crippen LogP contribution is -2.26. The van der Waals surface area contributed by atoms with Crippen molar-refractivity contribution in [3.8, 4) is 11.3 Å². The van der Waals surface area contributed by atoms with Crippen LogP contribution in [0.1, 0.15) is 12.8 Å². The molecule has 1 unspecified atom stereocenters. The summed E-state index contributed by atoms with van der Waals surface area (Å²) in [5.41, 5.74) is 3.33.